The van der Waals surface area contributed by atoms with Crippen molar-refractivity contribution >= 4 is 61.9 Å². The summed E-state index contributed by atoms with van der Waals surface area (Å²) in [6, 6.07) is 13.2. The van der Waals surface area contributed by atoms with Crippen LogP contribution in [0.4, 0.5) is 34.7 Å². The van der Waals surface area contributed by atoms with Gasteiger partial charge in [-0.25, -0.2) is 4.98 Å². The van der Waals surface area contributed by atoms with Gasteiger partial charge in [-0.1, -0.05) is 35.6 Å². The smallest absolute Gasteiger partial charge is 0.325 e. The second kappa shape index (κ2) is 10.4. The van der Waals surface area contributed by atoms with E-state index in [4.69, 9.17) is 0 Å². The molecule has 2 heterocycles. The number of hydrogen-bond acceptors (Lipinski definition) is 10. The number of nitrogens with zero attached hydrogens (tertiary/aromatic N) is 5. The molecule has 2 aromatic carbocycles. The van der Waals surface area contributed by atoms with Gasteiger partial charge in [0, 0.05) is 11.4 Å². The molecular formula is C20H13F3N6O3S3. The van der Waals surface area contributed by atoms with Crippen molar-refractivity contribution in [3.63, 3.8) is 0 Å². The van der Waals surface area contributed by atoms with E-state index in [1.54, 1.807) is 35.2 Å². The maximum atomic E-state index is 13.0. The van der Waals surface area contributed by atoms with Gasteiger partial charge in [0.25, 0.3) is 0 Å². The summed E-state index contributed by atoms with van der Waals surface area (Å²) in [5, 5.41) is 21.8. The molecule has 180 valence electrons. The lowest BCUT2D eigenvalue weighted by Crippen LogP contribution is -2.29. The molecule has 0 bridgehead atoms. The minimum absolute atomic E-state index is 0.0108. The summed E-state index contributed by atoms with van der Waals surface area (Å²) >= 11 is 3.13. The summed E-state index contributed by atoms with van der Waals surface area (Å²) in [6.07, 6.45) is -3.38. The number of hydrogen-bond donors (Lipinski definition) is 1. The van der Waals surface area contributed by atoms with Gasteiger partial charge < -0.3 is 10.2 Å². The first-order valence-electron chi connectivity index (χ1n) is 9.60. The zero-order chi connectivity index (χ0) is 25.0. The first kappa shape index (κ1) is 24.6. The lowest BCUT2D eigenvalue weighted by Gasteiger charge is -2.21. The predicted molar refractivity (Wildman–Crippen MR) is 126 cm³/mol. The fourth-order valence-electron chi connectivity index (χ4n) is 2.80. The molecule has 9 nitrogen and oxygen atoms in total. The largest absolute Gasteiger partial charge is 0.416 e. The van der Waals surface area contributed by atoms with Gasteiger partial charge in [0.1, 0.15) is 12.7 Å². The van der Waals surface area contributed by atoms with Gasteiger partial charge in [-0.3, -0.25) is 14.9 Å². The Morgan fingerprint density at radius 2 is 1.86 bits per heavy atom. The van der Waals surface area contributed by atoms with Crippen molar-refractivity contribution in [2.45, 2.75) is 14.9 Å². The maximum Gasteiger partial charge on any atom is 0.416 e. The molecule has 0 aliphatic heterocycles. The van der Waals surface area contributed by atoms with E-state index in [2.05, 4.69) is 20.5 Å². The summed E-state index contributed by atoms with van der Waals surface area (Å²) in [5.41, 5.74) is -0.246. The zero-order valence-corrected chi connectivity index (χ0v) is 19.7. The molecule has 0 saturated carbocycles. The van der Waals surface area contributed by atoms with Crippen LogP contribution in [0, 0.1) is 10.1 Å². The summed E-state index contributed by atoms with van der Waals surface area (Å²) in [5.74, 6) is -0.562. The number of amides is 1. The van der Waals surface area contributed by atoms with Crippen molar-refractivity contribution in [1.29, 1.82) is 0 Å². The highest BCUT2D eigenvalue weighted by atomic mass is 32.2. The number of anilines is 3. The van der Waals surface area contributed by atoms with Crippen molar-refractivity contribution < 1.29 is 22.9 Å². The van der Waals surface area contributed by atoms with Crippen LogP contribution >= 0.6 is 34.4 Å². The van der Waals surface area contributed by atoms with Crippen molar-refractivity contribution in [1.82, 2.24) is 15.2 Å². The molecule has 0 spiro atoms. The summed E-state index contributed by atoms with van der Waals surface area (Å²) in [7, 11) is 0. The van der Waals surface area contributed by atoms with E-state index in [0.29, 0.717) is 19.5 Å². The Morgan fingerprint density at radius 3 is 2.54 bits per heavy atom. The lowest BCUT2D eigenvalue weighted by molar-refractivity contribution is -0.380. The molecule has 0 unspecified atom stereocenters. The van der Waals surface area contributed by atoms with Gasteiger partial charge >= 0.3 is 11.2 Å². The van der Waals surface area contributed by atoms with Crippen LogP contribution in [0.5, 0.6) is 0 Å². The summed E-state index contributed by atoms with van der Waals surface area (Å²) in [4.78, 5) is 28.6. The molecule has 35 heavy (non-hydrogen) atoms. The number of carbonyl (C=O) groups excluding carboxylic acids is 1. The SMILES string of the molecule is O=C(CN(c1ccccc1)c1nnc(Sc2ncc([N+](=O)[O-])s2)s1)Nc1cccc(C(F)(F)F)c1. The third-order valence-corrected chi connectivity index (χ3v) is 7.32. The van der Waals surface area contributed by atoms with Crippen LogP contribution in [0.1, 0.15) is 5.56 Å². The van der Waals surface area contributed by atoms with Crippen LogP contribution in [0.15, 0.2) is 69.5 Å². The standard InChI is InChI=1S/C20H13F3N6O3S3/c21-20(22,23)12-5-4-6-13(9-12)25-15(30)11-28(14-7-2-1-3-8-14)17-26-27-19(34-17)35-18-24-10-16(33-18)29(31)32/h1-10H,11H2,(H,25,30). The van der Waals surface area contributed by atoms with E-state index < -0.39 is 22.6 Å². The first-order valence-corrected chi connectivity index (χ1v) is 12.1. The van der Waals surface area contributed by atoms with Crippen molar-refractivity contribution in [2.24, 2.45) is 0 Å². The molecule has 0 fully saturated rings. The van der Waals surface area contributed by atoms with Gasteiger partial charge in [0.2, 0.25) is 11.0 Å². The third-order valence-electron chi connectivity index (χ3n) is 4.30. The topological polar surface area (TPSA) is 114 Å². The Bertz CT molecular complexity index is 1350. The van der Waals surface area contributed by atoms with E-state index in [1.165, 1.54) is 12.1 Å². The Kier molecular flexibility index (Phi) is 7.28. The van der Waals surface area contributed by atoms with Crippen LogP contribution in [-0.2, 0) is 11.0 Å². The number of aromatic nitrogens is 3. The highest BCUT2D eigenvalue weighted by Gasteiger charge is 2.30. The Labute approximate surface area is 207 Å². The Balaban J connectivity index is 1.52. The lowest BCUT2D eigenvalue weighted by atomic mass is 10.2. The number of carbonyl (C=O) groups is 1. The minimum atomic E-state index is -4.53. The van der Waals surface area contributed by atoms with Crippen LogP contribution < -0.4 is 10.2 Å². The molecule has 4 aromatic rings. The molecule has 0 saturated heterocycles. The first-order chi connectivity index (χ1) is 16.7. The zero-order valence-electron chi connectivity index (χ0n) is 17.3. The molecule has 1 amide bonds. The van der Waals surface area contributed by atoms with Gasteiger partial charge in [-0.05, 0) is 53.4 Å². The van der Waals surface area contributed by atoms with Gasteiger partial charge in [-0.15, -0.1) is 10.2 Å². The fraction of sp³-hybridized carbons (Fsp3) is 0.100. The Morgan fingerprint density at radius 1 is 1.09 bits per heavy atom. The number of thiazole rings is 1. The van der Waals surface area contributed by atoms with E-state index in [-0.39, 0.29) is 17.2 Å². The fourth-order valence-corrected chi connectivity index (χ4v) is 5.65. The highest BCUT2D eigenvalue weighted by Crippen LogP contribution is 2.38. The third kappa shape index (κ3) is 6.32. The van der Waals surface area contributed by atoms with E-state index in [1.807, 2.05) is 0 Å². The monoisotopic (exact) mass is 538 g/mol. The average molecular weight is 539 g/mol. The number of rotatable bonds is 8. The van der Waals surface area contributed by atoms with Crippen LogP contribution in [0.2, 0.25) is 0 Å². The molecule has 4 rings (SSSR count). The quantitative estimate of drug-likeness (QED) is 0.220. The second-order valence-electron chi connectivity index (χ2n) is 6.72. The number of para-hydroxylation sites is 1. The molecule has 0 aliphatic carbocycles. The number of alkyl halides is 3. The van der Waals surface area contributed by atoms with Crippen LogP contribution in [0.3, 0.4) is 0 Å². The maximum absolute atomic E-state index is 13.0. The van der Waals surface area contributed by atoms with E-state index >= 15 is 0 Å². The number of halogens is 3. The Hall–Kier alpha value is -3.56. The molecule has 2 aromatic heterocycles. The highest BCUT2D eigenvalue weighted by molar-refractivity contribution is 8.02. The van der Waals surface area contributed by atoms with Gasteiger partial charge in [0.15, 0.2) is 8.68 Å². The average Bonchev–Trinajstić information content (AvgIpc) is 3.48. The van der Waals surface area contributed by atoms with Crippen molar-refractivity contribution in [3.05, 3.63) is 76.5 Å². The molecule has 0 aliphatic rings. The number of benzene rings is 2. The van der Waals surface area contributed by atoms with Crippen molar-refractivity contribution in [2.75, 3.05) is 16.8 Å². The molecule has 0 radical (unpaired) electrons. The number of nitrogens with one attached hydrogen (secondary N) is 1. The van der Waals surface area contributed by atoms with Crippen LogP contribution in [0.25, 0.3) is 0 Å². The van der Waals surface area contributed by atoms with E-state index in [0.717, 1.165) is 52.8 Å². The normalized spacial score (nSPS) is 11.3. The molecule has 15 heteroatoms. The van der Waals surface area contributed by atoms with Gasteiger partial charge in [0.05, 0.1) is 10.5 Å². The van der Waals surface area contributed by atoms with Crippen LogP contribution in [-0.4, -0.2) is 32.6 Å². The van der Waals surface area contributed by atoms with Gasteiger partial charge in [-0.2, -0.15) is 13.2 Å². The van der Waals surface area contributed by atoms with E-state index in [9.17, 15) is 28.1 Å². The summed E-state index contributed by atoms with van der Waals surface area (Å²) < 4.78 is 39.8. The second-order valence-corrected chi connectivity index (χ2v) is 10.2. The predicted octanol–water partition coefficient (Wildman–Crippen LogP) is 5.85. The molecular weight excluding hydrogens is 525 g/mol. The minimum Gasteiger partial charge on any atom is -0.325 e. The molecule has 1 N–H and O–H groups in total. The number of nitro groups is 1. The van der Waals surface area contributed by atoms with Crippen molar-refractivity contribution in [3.8, 4) is 0 Å². The molecule has 0 atom stereocenters. The summed E-state index contributed by atoms with van der Waals surface area (Å²) in [6.45, 7) is -0.248.